The molecule has 0 atom stereocenters. The zero-order valence-electron chi connectivity index (χ0n) is 22.2. The van der Waals surface area contributed by atoms with E-state index >= 15 is 0 Å². The first kappa shape index (κ1) is 26.7. The number of thiazole rings is 1. The number of aromatic nitrogens is 1. The summed E-state index contributed by atoms with van der Waals surface area (Å²) >= 11 is 7.96. The lowest BCUT2D eigenvalue weighted by molar-refractivity contribution is -0.116. The summed E-state index contributed by atoms with van der Waals surface area (Å²) in [6.07, 6.45) is 4.00. The van der Waals surface area contributed by atoms with Crippen LogP contribution >= 0.6 is 22.9 Å². The molecule has 1 aromatic heterocycles. The van der Waals surface area contributed by atoms with Crippen LogP contribution in [0.5, 0.6) is 5.75 Å². The largest absolute Gasteiger partial charge is 0.507 e. The highest BCUT2D eigenvalue weighted by Crippen LogP contribution is 2.44. The minimum atomic E-state index is -0.194. The Hall–Kier alpha value is -2.37. The SMILES string of the molecule is CC(C)(C)c1cc(CCC(=O)Nc2nc(C3CC3)c(Cc3ccccc3Cl)s2)cc(C(C)(C)C)c1O. The monoisotopic (exact) mass is 524 g/mol. The van der Waals surface area contributed by atoms with Crippen LogP contribution in [0.15, 0.2) is 36.4 Å². The van der Waals surface area contributed by atoms with E-state index in [-0.39, 0.29) is 16.7 Å². The fourth-order valence-corrected chi connectivity index (χ4v) is 5.75. The van der Waals surface area contributed by atoms with E-state index in [2.05, 4.69) is 46.9 Å². The van der Waals surface area contributed by atoms with Gasteiger partial charge in [0.05, 0.1) is 5.69 Å². The van der Waals surface area contributed by atoms with Gasteiger partial charge in [0.2, 0.25) is 5.91 Å². The Bertz CT molecular complexity index is 1230. The maximum absolute atomic E-state index is 12.9. The molecule has 0 bridgehead atoms. The first-order valence-corrected chi connectivity index (χ1v) is 13.9. The Labute approximate surface area is 224 Å². The van der Waals surface area contributed by atoms with Crippen molar-refractivity contribution in [3.05, 3.63) is 74.2 Å². The summed E-state index contributed by atoms with van der Waals surface area (Å²) < 4.78 is 0. The van der Waals surface area contributed by atoms with Crippen molar-refractivity contribution in [2.24, 2.45) is 0 Å². The van der Waals surface area contributed by atoms with Crippen LogP contribution < -0.4 is 5.32 Å². The van der Waals surface area contributed by atoms with Gasteiger partial charge in [0.15, 0.2) is 5.13 Å². The molecule has 6 heteroatoms. The van der Waals surface area contributed by atoms with Crippen LogP contribution in [-0.4, -0.2) is 16.0 Å². The van der Waals surface area contributed by atoms with Crippen molar-refractivity contribution in [2.45, 2.75) is 90.4 Å². The number of carbonyl (C=O) groups is 1. The molecular formula is C30H37ClN2O2S. The number of anilines is 1. The Balaban J connectivity index is 1.48. The lowest BCUT2D eigenvalue weighted by Crippen LogP contribution is -2.18. The Morgan fingerprint density at radius 2 is 1.69 bits per heavy atom. The number of aryl methyl sites for hydroxylation is 1. The smallest absolute Gasteiger partial charge is 0.226 e. The van der Waals surface area contributed by atoms with E-state index in [0.717, 1.165) is 52.2 Å². The molecule has 4 nitrogen and oxygen atoms in total. The first-order chi connectivity index (χ1) is 16.8. The molecule has 4 rings (SSSR count). The van der Waals surface area contributed by atoms with Crippen molar-refractivity contribution in [1.29, 1.82) is 0 Å². The number of rotatable bonds is 7. The quantitative estimate of drug-likeness (QED) is 0.328. The van der Waals surface area contributed by atoms with Gasteiger partial charge in [-0.1, -0.05) is 83.5 Å². The molecule has 0 saturated heterocycles. The second-order valence-corrected chi connectivity index (χ2v) is 13.4. The summed E-state index contributed by atoms with van der Waals surface area (Å²) in [5.41, 5.74) is 4.71. The van der Waals surface area contributed by atoms with Gasteiger partial charge in [-0.15, -0.1) is 11.3 Å². The van der Waals surface area contributed by atoms with Crippen molar-refractivity contribution in [1.82, 2.24) is 4.98 Å². The molecule has 0 unspecified atom stereocenters. The van der Waals surface area contributed by atoms with Crippen molar-refractivity contribution in [3.8, 4) is 5.75 Å². The highest BCUT2D eigenvalue weighted by atomic mass is 35.5. The summed E-state index contributed by atoms with van der Waals surface area (Å²) in [5, 5.41) is 15.4. The summed E-state index contributed by atoms with van der Waals surface area (Å²) in [5.74, 6) is 0.816. The number of hydrogen-bond acceptors (Lipinski definition) is 4. The number of phenolic OH excluding ortho intramolecular Hbond substituents is 1. The minimum absolute atomic E-state index is 0.0434. The number of nitrogens with zero attached hydrogens (tertiary/aromatic N) is 1. The van der Waals surface area contributed by atoms with Gasteiger partial charge < -0.3 is 10.4 Å². The number of phenols is 1. The minimum Gasteiger partial charge on any atom is -0.507 e. The van der Waals surface area contributed by atoms with Gasteiger partial charge >= 0.3 is 0 Å². The van der Waals surface area contributed by atoms with Crippen molar-refractivity contribution >= 4 is 34.0 Å². The fourth-order valence-electron chi connectivity index (χ4n) is 4.46. The van der Waals surface area contributed by atoms with Gasteiger partial charge in [-0.05, 0) is 58.4 Å². The summed E-state index contributed by atoms with van der Waals surface area (Å²) in [6.45, 7) is 12.6. The van der Waals surface area contributed by atoms with Crippen LogP contribution in [0.2, 0.25) is 5.02 Å². The van der Waals surface area contributed by atoms with E-state index in [1.807, 2.05) is 36.4 Å². The van der Waals surface area contributed by atoms with Crippen LogP contribution in [-0.2, 0) is 28.5 Å². The molecule has 1 fully saturated rings. The third kappa shape index (κ3) is 6.30. The molecule has 1 amide bonds. The zero-order chi connectivity index (χ0) is 26.3. The maximum atomic E-state index is 12.9. The number of hydrogen-bond donors (Lipinski definition) is 2. The number of halogens is 1. The van der Waals surface area contributed by atoms with Gasteiger partial charge in [-0.2, -0.15) is 0 Å². The van der Waals surface area contributed by atoms with Crippen molar-refractivity contribution < 1.29 is 9.90 Å². The number of nitrogens with one attached hydrogen (secondary N) is 1. The standard InChI is InChI=1S/C30H37ClN2O2S/c1-29(2,3)21-15-18(16-22(27(21)35)30(4,5)6)11-14-25(34)32-28-33-26(19-12-13-19)24(36-28)17-20-9-7-8-10-23(20)31/h7-10,15-16,19,35H,11-14,17H2,1-6H3,(H,32,33,34). The number of aromatic hydroxyl groups is 1. The van der Waals surface area contributed by atoms with Gasteiger partial charge in [0.1, 0.15) is 5.75 Å². The molecule has 0 spiro atoms. The molecule has 2 N–H and O–H groups in total. The van der Waals surface area contributed by atoms with E-state index in [1.165, 1.54) is 4.88 Å². The number of benzene rings is 2. The lowest BCUT2D eigenvalue weighted by Gasteiger charge is -2.28. The van der Waals surface area contributed by atoms with Gasteiger partial charge in [-0.25, -0.2) is 4.98 Å². The van der Waals surface area contributed by atoms with E-state index < -0.39 is 0 Å². The van der Waals surface area contributed by atoms with E-state index in [1.54, 1.807) is 11.3 Å². The maximum Gasteiger partial charge on any atom is 0.226 e. The predicted octanol–water partition coefficient (Wildman–Crippen LogP) is 8.14. The number of amides is 1. The molecule has 0 radical (unpaired) electrons. The lowest BCUT2D eigenvalue weighted by atomic mass is 9.78. The Morgan fingerprint density at radius 1 is 1.08 bits per heavy atom. The normalized spacial score (nSPS) is 14.2. The molecule has 1 aliphatic carbocycles. The van der Waals surface area contributed by atoms with Crippen molar-refractivity contribution in [2.75, 3.05) is 5.32 Å². The second-order valence-electron chi connectivity index (χ2n) is 12.0. The molecule has 192 valence electrons. The third-order valence-electron chi connectivity index (χ3n) is 6.67. The van der Waals surface area contributed by atoms with Gasteiger partial charge in [0, 0.05) is 28.7 Å². The predicted molar refractivity (Wildman–Crippen MR) is 151 cm³/mol. The summed E-state index contributed by atoms with van der Waals surface area (Å²) in [6, 6.07) is 12.0. The Morgan fingerprint density at radius 3 is 2.25 bits per heavy atom. The molecule has 1 aliphatic rings. The summed E-state index contributed by atoms with van der Waals surface area (Å²) in [7, 11) is 0. The van der Waals surface area contributed by atoms with Gasteiger partial charge in [-0.3, -0.25) is 4.79 Å². The first-order valence-electron chi connectivity index (χ1n) is 12.7. The molecule has 1 heterocycles. The molecule has 2 aromatic carbocycles. The molecule has 0 aliphatic heterocycles. The van der Waals surface area contributed by atoms with Crippen LogP contribution in [0.4, 0.5) is 5.13 Å². The topological polar surface area (TPSA) is 62.2 Å². The zero-order valence-corrected chi connectivity index (χ0v) is 23.7. The van der Waals surface area contributed by atoms with Crippen LogP contribution in [0.1, 0.15) is 99.5 Å². The molecular weight excluding hydrogens is 488 g/mol. The Kier molecular flexibility index (Phi) is 7.55. The second kappa shape index (κ2) is 10.2. The van der Waals surface area contributed by atoms with Gasteiger partial charge in [0.25, 0.3) is 0 Å². The van der Waals surface area contributed by atoms with E-state index in [9.17, 15) is 9.90 Å². The highest BCUT2D eigenvalue weighted by Gasteiger charge is 2.30. The average Bonchev–Trinajstić information content (AvgIpc) is 3.54. The fraction of sp³-hybridized carbons (Fsp3) is 0.467. The van der Waals surface area contributed by atoms with Crippen molar-refractivity contribution in [3.63, 3.8) is 0 Å². The third-order valence-corrected chi connectivity index (χ3v) is 8.03. The summed E-state index contributed by atoms with van der Waals surface area (Å²) in [4.78, 5) is 18.9. The molecule has 3 aromatic rings. The van der Waals surface area contributed by atoms with Crippen LogP contribution in [0.25, 0.3) is 0 Å². The van der Waals surface area contributed by atoms with Crippen LogP contribution in [0, 0.1) is 0 Å². The average molecular weight is 525 g/mol. The van der Waals surface area contributed by atoms with E-state index in [4.69, 9.17) is 16.6 Å². The molecule has 1 saturated carbocycles. The van der Waals surface area contributed by atoms with E-state index in [0.29, 0.717) is 29.6 Å². The highest BCUT2D eigenvalue weighted by molar-refractivity contribution is 7.15. The number of carbonyl (C=O) groups excluding carboxylic acids is 1. The molecule has 36 heavy (non-hydrogen) atoms. The van der Waals surface area contributed by atoms with Crippen LogP contribution in [0.3, 0.4) is 0 Å².